The average Bonchev–Trinajstić information content (AvgIpc) is 3.08. The van der Waals surface area contributed by atoms with Crippen LogP contribution in [0.4, 0.5) is 14.9 Å². The molecule has 11 heteroatoms. The van der Waals surface area contributed by atoms with Crippen molar-refractivity contribution in [2.24, 2.45) is 0 Å². The van der Waals surface area contributed by atoms with Gasteiger partial charge in [-0.2, -0.15) is 0 Å². The summed E-state index contributed by atoms with van der Waals surface area (Å²) in [5, 5.41) is 24.8. The number of hydrogen-bond acceptors (Lipinski definition) is 7. The number of carbonyl (C=O) groups is 5. The Labute approximate surface area is 202 Å². The van der Waals surface area contributed by atoms with Crippen molar-refractivity contribution >= 4 is 41.5 Å². The van der Waals surface area contributed by atoms with Crippen molar-refractivity contribution in [3.05, 3.63) is 88.0 Å². The fourth-order valence-corrected chi connectivity index (χ4v) is 3.97. The predicted molar refractivity (Wildman–Crippen MR) is 119 cm³/mol. The number of nitrogens with one attached hydrogen (secondary N) is 1. The van der Waals surface area contributed by atoms with Crippen LogP contribution in [0.2, 0.25) is 0 Å². The number of amides is 4. The number of carbonyl (C=O) groups excluding carboxylic acids is 5. The largest absolute Gasteiger partial charge is 0.545 e. The SMILES string of the molecule is Cc1cc(/C=C2\C(=O)NC(=O)N(c3cccc(F)c3)C2=O)c(C)n1-c1cc(C(=O)[O-])cc(C(=O)[O-])c1. The third kappa shape index (κ3) is 4.25. The van der Waals surface area contributed by atoms with Crippen LogP contribution in [-0.4, -0.2) is 34.4 Å². The number of halogens is 1. The summed E-state index contributed by atoms with van der Waals surface area (Å²) in [6.07, 6.45) is 1.23. The lowest BCUT2D eigenvalue weighted by Gasteiger charge is -2.26. The van der Waals surface area contributed by atoms with Gasteiger partial charge in [0.2, 0.25) is 0 Å². The molecule has 0 radical (unpaired) electrons. The second-order valence-corrected chi connectivity index (χ2v) is 7.94. The number of benzene rings is 2. The second-order valence-electron chi connectivity index (χ2n) is 7.94. The highest BCUT2D eigenvalue weighted by molar-refractivity contribution is 6.39. The molecule has 1 N–H and O–H groups in total. The van der Waals surface area contributed by atoms with Crippen molar-refractivity contribution < 1.29 is 38.6 Å². The highest BCUT2D eigenvalue weighted by atomic mass is 19.1. The summed E-state index contributed by atoms with van der Waals surface area (Å²) in [6.45, 7) is 3.25. The van der Waals surface area contributed by atoms with E-state index in [4.69, 9.17) is 0 Å². The number of rotatable bonds is 5. The van der Waals surface area contributed by atoms with Crippen LogP contribution in [0.3, 0.4) is 0 Å². The van der Waals surface area contributed by atoms with Gasteiger partial charge in [-0.15, -0.1) is 0 Å². The molecule has 0 bridgehead atoms. The summed E-state index contributed by atoms with van der Waals surface area (Å²) < 4.78 is 15.2. The van der Waals surface area contributed by atoms with Gasteiger partial charge < -0.3 is 24.4 Å². The van der Waals surface area contributed by atoms with Crippen LogP contribution in [0.1, 0.15) is 37.7 Å². The maximum absolute atomic E-state index is 13.7. The molecule has 4 amide bonds. The van der Waals surface area contributed by atoms with Crippen LogP contribution in [0, 0.1) is 19.7 Å². The Balaban J connectivity index is 1.81. The maximum Gasteiger partial charge on any atom is 0.335 e. The molecule has 0 atom stereocenters. The van der Waals surface area contributed by atoms with Gasteiger partial charge >= 0.3 is 6.03 Å². The summed E-state index contributed by atoms with van der Waals surface area (Å²) in [7, 11) is 0. The van der Waals surface area contributed by atoms with Crippen molar-refractivity contribution in [3.8, 4) is 5.69 Å². The summed E-state index contributed by atoms with van der Waals surface area (Å²) in [5.41, 5.74) is 0.221. The first-order valence-corrected chi connectivity index (χ1v) is 10.4. The van der Waals surface area contributed by atoms with E-state index in [9.17, 15) is 38.6 Å². The zero-order chi connectivity index (χ0) is 26.3. The predicted octanol–water partition coefficient (Wildman–Crippen LogP) is 0.627. The van der Waals surface area contributed by atoms with Crippen molar-refractivity contribution in [2.45, 2.75) is 13.8 Å². The van der Waals surface area contributed by atoms with Crippen LogP contribution in [0.15, 0.2) is 54.1 Å². The number of carboxylic acids is 2. The van der Waals surface area contributed by atoms with Gasteiger partial charge in [-0.25, -0.2) is 14.1 Å². The summed E-state index contributed by atoms with van der Waals surface area (Å²) in [5.74, 6) is -5.79. The lowest BCUT2D eigenvalue weighted by atomic mass is 10.1. The summed E-state index contributed by atoms with van der Waals surface area (Å²) >= 11 is 0. The number of anilines is 1. The summed E-state index contributed by atoms with van der Waals surface area (Å²) in [4.78, 5) is 61.3. The molecular formula is C25H16FN3O7-2. The quantitative estimate of drug-likeness (QED) is 0.408. The molecule has 1 aliphatic rings. The van der Waals surface area contributed by atoms with E-state index in [1.165, 1.54) is 34.9 Å². The highest BCUT2D eigenvalue weighted by Gasteiger charge is 2.37. The van der Waals surface area contributed by atoms with Gasteiger partial charge in [0.15, 0.2) is 0 Å². The number of imide groups is 2. The van der Waals surface area contributed by atoms with Crippen molar-refractivity contribution in [3.63, 3.8) is 0 Å². The molecule has 0 saturated carbocycles. The van der Waals surface area contributed by atoms with Gasteiger partial charge in [-0.3, -0.25) is 14.9 Å². The molecule has 182 valence electrons. The van der Waals surface area contributed by atoms with Gasteiger partial charge in [-0.1, -0.05) is 6.07 Å². The van der Waals surface area contributed by atoms with Crippen LogP contribution in [-0.2, 0) is 9.59 Å². The molecule has 1 fully saturated rings. The van der Waals surface area contributed by atoms with E-state index >= 15 is 0 Å². The minimum Gasteiger partial charge on any atom is -0.545 e. The Kier molecular flexibility index (Phi) is 5.98. The summed E-state index contributed by atoms with van der Waals surface area (Å²) in [6, 6.07) is 8.61. The van der Waals surface area contributed by atoms with E-state index in [0.717, 1.165) is 18.2 Å². The first kappa shape index (κ1) is 24.1. The molecule has 0 spiro atoms. The molecule has 2 aromatic carbocycles. The Morgan fingerprint density at radius 1 is 0.917 bits per heavy atom. The Hall–Kier alpha value is -5.06. The average molecular weight is 489 g/mol. The van der Waals surface area contributed by atoms with Crippen molar-refractivity contribution in [2.75, 3.05) is 4.90 Å². The molecule has 1 aliphatic heterocycles. The molecule has 0 unspecified atom stereocenters. The number of hydrogen-bond donors (Lipinski definition) is 1. The number of barbiturate groups is 1. The molecule has 0 aliphatic carbocycles. The first-order valence-electron chi connectivity index (χ1n) is 10.4. The molecule has 4 rings (SSSR count). The highest BCUT2D eigenvalue weighted by Crippen LogP contribution is 2.27. The fraction of sp³-hybridized carbons (Fsp3) is 0.0800. The molecule has 3 aromatic rings. The zero-order valence-corrected chi connectivity index (χ0v) is 18.8. The lowest BCUT2D eigenvalue weighted by Crippen LogP contribution is -2.54. The van der Waals surface area contributed by atoms with Gasteiger partial charge in [0, 0.05) is 17.1 Å². The van der Waals surface area contributed by atoms with E-state index in [-0.39, 0.29) is 22.5 Å². The third-order valence-electron chi connectivity index (χ3n) is 5.59. The van der Waals surface area contributed by atoms with Gasteiger partial charge in [-0.05, 0) is 79.1 Å². The minimum atomic E-state index is -1.59. The van der Waals surface area contributed by atoms with E-state index in [1.807, 2.05) is 5.32 Å². The zero-order valence-electron chi connectivity index (χ0n) is 18.8. The topological polar surface area (TPSA) is 152 Å². The number of aromatic nitrogens is 1. The molecule has 1 saturated heterocycles. The number of carboxylic acid groups (broad SMARTS) is 2. The number of nitrogens with zero attached hydrogens (tertiary/aromatic N) is 2. The number of aromatic carboxylic acids is 2. The lowest BCUT2D eigenvalue weighted by molar-refractivity contribution is -0.255. The first-order chi connectivity index (χ1) is 17.0. The third-order valence-corrected chi connectivity index (χ3v) is 5.59. The Morgan fingerprint density at radius 2 is 1.56 bits per heavy atom. The Morgan fingerprint density at radius 3 is 2.14 bits per heavy atom. The van der Waals surface area contributed by atoms with E-state index in [2.05, 4.69) is 0 Å². The van der Waals surface area contributed by atoms with Crippen LogP contribution >= 0.6 is 0 Å². The van der Waals surface area contributed by atoms with Gasteiger partial charge in [0.05, 0.1) is 17.6 Å². The van der Waals surface area contributed by atoms with Crippen molar-refractivity contribution in [1.29, 1.82) is 0 Å². The standard InChI is InChI=1S/C25H18FN3O7/c1-12-6-14(13(2)28(12)19-8-15(23(32)33)7-16(9-19)24(34)35)10-20-21(30)27-25(36)29(22(20)31)18-5-3-4-17(26)11-18/h3-11H,1-2H3,(H,32,33)(H,34,35)(H,27,30,36)/p-2/b20-10+. The van der Waals surface area contributed by atoms with Crippen molar-refractivity contribution in [1.82, 2.24) is 9.88 Å². The van der Waals surface area contributed by atoms with Gasteiger partial charge in [0.1, 0.15) is 11.4 Å². The molecule has 1 aromatic heterocycles. The van der Waals surface area contributed by atoms with Crippen LogP contribution < -0.4 is 20.4 Å². The second kappa shape index (κ2) is 8.95. The minimum absolute atomic E-state index is 0.0738. The number of aryl methyl sites for hydroxylation is 1. The smallest absolute Gasteiger partial charge is 0.335 e. The fourth-order valence-electron chi connectivity index (χ4n) is 3.97. The monoisotopic (exact) mass is 489 g/mol. The normalized spacial score (nSPS) is 14.8. The number of urea groups is 1. The molecule has 10 nitrogen and oxygen atoms in total. The molecular weight excluding hydrogens is 473 g/mol. The van der Waals surface area contributed by atoms with Crippen LogP contribution in [0.5, 0.6) is 0 Å². The van der Waals surface area contributed by atoms with E-state index in [1.54, 1.807) is 19.9 Å². The Bertz CT molecular complexity index is 1490. The van der Waals surface area contributed by atoms with E-state index < -0.39 is 41.2 Å². The molecule has 2 heterocycles. The van der Waals surface area contributed by atoms with E-state index in [0.29, 0.717) is 21.9 Å². The maximum atomic E-state index is 13.7. The molecule has 36 heavy (non-hydrogen) atoms. The van der Waals surface area contributed by atoms with Gasteiger partial charge in [0.25, 0.3) is 11.8 Å². The van der Waals surface area contributed by atoms with Crippen LogP contribution in [0.25, 0.3) is 11.8 Å².